The third-order valence-corrected chi connectivity index (χ3v) is 6.31. The molecular weight excluding hydrogens is 302 g/mol. The molecule has 0 aromatic heterocycles. The lowest BCUT2D eigenvalue weighted by Gasteiger charge is -2.28. The minimum atomic E-state index is -2.99. The fourth-order valence-electron chi connectivity index (χ4n) is 3.23. The van der Waals surface area contributed by atoms with Crippen LogP contribution in [0.5, 0.6) is 0 Å². The molecule has 0 bridgehead atoms. The van der Waals surface area contributed by atoms with Crippen molar-refractivity contribution in [1.82, 2.24) is 15.8 Å². The zero-order valence-corrected chi connectivity index (χ0v) is 13.3. The summed E-state index contributed by atoms with van der Waals surface area (Å²) in [4.78, 5) is 14.4. The van der Waals surface area contributed by atoms with E-state index < -0.39 is 9.84 Å². The van der Waals surface area contributed by atoms with Crippen LogP contribution in [0.1, 0.15) is 18.0 Å². The molecule has 120 valence electrons. The van der Waals surface area contributed by atoms with Crippen molar-refractivity contribution in [2.24, 2.45) is 5.92 Å². The smallest absolute Gasteiger partial charge is 0.229 e. The standard InChI is InChI=1S/C15H21N3O3S/c1-18(12-7-8-22(20,21)10-12)15(19)13-9-16-17-14(13)11-5-3-2-4-6-11/h2-6,12-14,16-17H,7-10H2,1H3. The van der Waals surface area contributed by atoms with Crippen molar-refractivity contribution in [2.45, 2.75) is 18.5 Å². The second kappa shape index (κ2) is 5.98. The summed E-state index contributed by atoms with van der Waals surface area (Å²) in [5.74, 6) is 0.0290. The number of carbonyl (C=O) groups is 1. The Bertz CT molecular complexity index is 647. The molecule has 2 N–H and O–H groups in total. The van der Waals surface area contributed by atoms with Crippen LogP contribution in [0.25, 0.3) is 0 Å². The van der Waals surface area contributed by atoms with Crippen LogP contribution in [-0.4, -0.2) is 50.4 Å². The van der Waals surface area contributed by atoms with Crippen molar-refractivity contribution in [2.75, 3.05) is 25.1 Å². The van der Waals surface area contributed by atoms with Gasteiger partial charge in [-0.3, -0.25) is 10.2 Å². The van der Waals surface area contributed by atoms with Gasteiger partial charge in [0.05, 0.1) is 23.5 Å². The highest BCUT2D eigenvalue weighted by Crippen LogP contribution is 2.28. The Morgan fingerprint density at radius 2 is 2.00 bits per heavy atom. The zero-order valence-electron chi connectivity index (χ0n) is 12.5. The molecule has 1 amide bonds. The lowest BCUT2D eigenvalue weighted by Crippen LogP contribution is -2.43. The Kier molecular flexibility index (Phi) is 4.20. The maximum absolute atomic E-state index is 12.8. The van der Waals surface area contributed by atoms with E-state index in [1.807, 2.05) is 30.3 Å². The molecule has 0 saturated carbocycles. The van der Waals surface area contributed by atoms with Crippen LogP contribution in [0.15, 0.2) is 30.3 Å². The first-order valence-corrected chi connectivity index (χ1v) is 9.30. The summed E-state index contributed by atoms with van der Waals surface area (Å²) in [5, 5.41) is 0. The Balaban J connectivity index is 1.74. The first-order valence-electron chi connectivity index (χ1n) is 7.48. The van der Waals surface area contributed by atoms with E-state index in [-0.39, 0.29) is 35.4 Å². The summed E-state index contributed by atoms with van der Waals surface area (Å²) in [6.07, 6.45) is 0.536. The van der Waals surface area contributed by atoms with Gasteiger partial charge in [-0.25, -0.2) is 13.8 Å². The highest BCUT2D eigenvalue weighted by Gasteiger charge is 2.39. The molecule has 0 aliphatic carbocycles. The van der Waals surface area contributed by atoms with Crippen LogP contribution >= 0.6 is 0 Å². The van der Waals surface area contributed by atoms with Gasteiger partial charge in [-0.05, 0) is 12.0 Å². The van der Waals surface area contributed by atoms with Gasteiger partial charge in [0.2, 0.25) is 5.91 Å². The van der Waals surface area contributed by atoms with Crippen molar-refractivity contribution in [1.29, 1.82) is 0 Å². The van der Waals surface area contributed by atoms with Crippen molar-refractivity contribution in [3.63, 3.8) is 0 Å². The van der Waals surface area contributed by atoms with E-state index in [4.69, 9.17) is 0 Å². The first kappa shape index (κ1) is 15.5. The normalized spacial score (nSPS) is 30.3. The van der Waals surface area contributed by atoms with E-state index in [9.17, 15) is 13.2 Å². The van der Waals surface area contributed by atoms with Gasteiger partial charge >= 0.3 is 0 Å². The van der Waals surface area contributed by atoms with Gasteiger partial charge in [0.1, 0.15) is 0 Å². The van der Waals surface area contributed by atoms with Crippen LogP contribution in [0.4, 0.5) is 0 Å². The molecule has 2 aliphatic heterocycles. The third-order valence-electron chi connectivity index (χ3n) is 4.56. The average Bonchev–Trinajstić information content (AvgIpc) is 3.13. The lowest BCUT2D eigenvalue weighted by molar-refractivity contribution is -0.135. The fraction of sp³-hybridized carbons (Fsp3) is 0.533. The van der Waals surface area contributed by atoms with Crippen molar-refractivity contribution < 1.29 is 13.2 Å². The number of rotatable bonds is 3. The molecule has 6 nitrogen and oxygen atoms in total. The maximum Gasteiger partial charge on any atom is 0.229 e. The summed E-state index contributed by atoms with van der Waals surface area (Å²) < 4.78 is 23.2. The minimum Gasteiger partial charge on any atom is -0.341 e. The summed E-state index contributed by atoms with van der Waals surface area (Å²) >= 11 is 0. The molecule has 3 unspecified atom stereocenters. The van der Waals surface area contributed by atoms with Gasteiger partial charge in [-0.1, -0.05) is 30.3 Å². The van der Waals surface area contributed by atoms with Gasteiger partial charge in [0.25, 0.3) is 0 Å². The summed E-state index contributed by atoms with van der Waals surface area (Å²) in [7, 11) is -1.27. The molecule has 2 heterocycles. The molecule has 2 saturated heterocycles. The molecule has 2 fully saturated rings. The van der Waals surface area contributed by atoms with E-state index in [2.05, 4.69) is 10.9 Å². The van der Waals surface area contributed by atoms with Crippen LogP contribution in [0, 0.1) is 5.92 Å². The summed E-state index contributed by atoms with van der Waals surface area (Å²) in [5.41, 5.74) is 7.25. The van der Waals surface area contributed by atoms with Gasteiger partial charge in [-0.2, -0.15) is 0 Å². The number of amides is 1. The monoisotopic (exact) mass is 323 g/mol. The minimum absolute atomic E-state index is 0.00606. The Hall–Kier alpha value is -1.44. The average molecular weight is 323 g/mol. The topological polar surface area (TPSA) is 78.5 Å². The van der Waals surface area contributed by atoms with E-state index in [1.54, 1.807) is 11.9 Å². The van der Waals surface area contributed by atoms with Gasteiger partial charge in [0, 0.05) is 19.6 Å². The van der Waals surface area contributed by atoms with Gasteiger partial charge in [0.15, 0.2) is 9.84 Å². The first-order chi connectivity index (χ1) is 10.5. The predicted molar refractivity (Wildman–Crippen MR) is 83.6 cm³/mol. The molecule has 7 heteroatoms. The van der Waals surface area contributed by atoms with E-state index in [0.29, 0.717) is 13.0 Å². The van der Waals surface area contributed by atoms with Crippen molar-refractivity contribution in [3.8, 4) is 0 Å². The SMILES string of the molecule is CN(C(=O)C1CNNC1c1ccccc1)C1CCS(=O)(=O)C1. The number of hydrazine groups is 1. The number of sulfone groups is 1. The highest BCUT2D eigenvalue weighted by molar-refractivity contribution is 7.91. The van der Waals surface area contributed by atoms with E-state index in [1.165, 1.54) is 0 Å². The van der Waals surface area contributed by atoms with Gasteiger partial charge < -0.3 is 4.90 Å². The van der Waals surface area contributed by atoms with Crippen LogP contribution in [0.2, 0.25) is 0 Å². The molecule has 2 aliphatic rings. The molecular formula is C15H21N3O3S. The second-order valence-corrected chi connectivity index (χ2v) is 8.25. The molecule has 0 radical (unpaired) electrons. The lowest BCUT2D eigenvalue weighted by atomic mass is 9.93. The molecule has 22 heavy (non-hydrogen) atoms. The molecule has 3 atom stereocenters. The highest BCUT2D eigenvalue weighted by atomic mass is 32.2. The number of carbonyl (C=O) groups excluding carboxylic acids is 1. The van der Waals surface area contributed by atoms with Crippen LogP contribution in [-0.2, 0) is 14.6 Å². The fourth-order valence-corrected chi connectivity index (χ4v) is 5.00. The number of nitrogens with one attached hydrogen (secondary N) is 2. The molecule has 0 spiro atoms. The number of hydrogen-bond donors (Lipinski definition) is 2. The molecule has 3 rings (SSSR count). The van der Waals surface area contributed by atoms with E-state index >= 15 is 0 Å². The quantitative estimate of drug-likeness (QED) is 0.825. The summed E-state index contributed by atoms with van der Waals surface area (Å²) in [6.45, 7) is 0.544. The van der Waals surface area contributed by atoms with Crippen LogP contribution in [0.3, 0.4) is 0 Å². The number of nitrogens with zero attached hydrogens (tertiary/aromatic N) is 1. The number of benzene rings is 1. The maximum atomic E-state index is 12.8. The predicted octanol–water partition coefficient (Wildman–Crippen LogP) is 0.0972. The largest absolute Gasteiger partial charge is 0.341 e. The van der Waals surface area contributed by atoms with Crippen LogP contribution < -0.4 is 10.9 Å². The second-order valence-electron chi connectivity index (χ2n) is 6.03. The van der Waals surface area contributed by atoms with Crippen molar-refractivity contribution >= 4 is 15.7 Å². The Morgan fingerprint density at radius 3 is 2.64 bits per heavy atom. The summed E-state index contributed by atoms with van der Waals surface area (Å²) in [6, 6.07) is 9.53. The zero-order chi connectivity index (χ0) is 15.7. The number of hydrogen-bond acceptors (Lipinski definition) is 5. The van der Waals surface area contributed by atoms with Gasteiger partial charge in [-0.15, -0.1) is 0 Å². The molecule has 1 aromatic rings. The Morgan fingerprint density at radius 1 is 1.27 bits per heavy atom. The van der Waals surface area contributed by atoms with Crippen molar-refractivity contribution in [3.05, 3.63) is 35.9 Å². The third kappa shape index (κ3) is 3.02. The molecule has 1 aromatic carbocycles. The van der Waals surface area contributed by atoms with E-state index in [0.717, 1.165) is 5.56 Å². The Labute approximate surface area is 130 Å².